The quantitative estimate of drug-likeness (QED) is 0.750. The molecule has 1 fully saturated rings. The number of nitrogens with two attached hydrogens (primary N) is 1. The number of carbonyl (C=O) groups excluding carboxylic acids is 1. The monoisotopic (exact) mass is 230 g/mol. The van der Waals surface area contributed by atoms with Crippen molar-refractivity contribution in [3.63, 3.8) is 0 Å². The van der Waals surface area contributed by atoms with Crippen LogP contribution in [-0.4, -0.2) is 30.0 Å². The average molecular weight is 230 g/mol. The van der Waals surface area contributed by atoms with E-state index in [1.165, 1.54) is 12.2 Å². The van der Waals surface area contributed by atoms with Crippen LogP contribution in [0.2, 0.25) is 0 Å². The van der Waals surface area contributed by atoms with E-state index in [9.17, 15) is 4.79 Å². The smallest absolute Gasteiger partial charge is 0.224 e. The number of thioether (sulfide) groups is 1. The third-order valence-corrected chi connectivity index (χ3v) is 4.01. The maximum absolute atomic E-state index is 11.8. The lowest BCUT2D eigenvalue weighted by molar-refractivity contribution is -0.125. The average Bonchev–Trinajstić information content (AvgIpc) is 2.27. The summed E-state index contributed by atoms with van der Waals surface area (Å²) >= 11 is 1.93. The number of hydrogen-bond acceptors (Lipinski definition) is 3. The van der Waals surface area contributed by atoms with Gasteiger partial charge in [-0.1, -0.05) is 13.3 Å². The summed E-state index contributed by atoms with van der Waals surface area (Å²) in [4.78, 5) is 11.8. The van der Waals surface area contributed by atoms with Gasteiger partial charge in [0.1, 0.15) is 0 Å². The van der Waals surface area contributed by atoms with Crippen LogP contribution in [0.25, 0.3) is 0 Å². The number of amides is 1. The Morgan fingerprint density at radius 2 is 2.47 bits per heavy atom. The minimum atomic E-state index is 0.0157. The number of rotatable bonds is 5. The van der Waals surface area contributed by atoms with Gasteiger partial charge in [0.25, 0.3) is 0 Å². The Morgan fingerprint density at radius 1 is 1.67 bits per heavy atom. The number of hydrogen-bond donors (Lipinski definition) is 2. The zero-order valence-electron chi connectivity index (χ0n) is 9.50. The fourth-order valence-electron chi connectivity index (χ4n) is 1.88. The zero-order chi connectivity index (χ0) is 11.1. The summed E-state index contributed by atoms with van der Waals surface area (Å²) in [7, 11) is 0. The Balaban J connectivity index is 2.31. The molecule has 1 rings (SSSR count). The van der Waals surface area contributed by atoms with Crippen LogP contribution in [0.4, 0.5) is 0 Å². The number of nitrogens with one attached hydrogen (secondary N) is 1. The molecule has 3 nitrogen and oxygen atoms in total. The van der Waals surface area contributed by atoms with Gasteiger partial charge >= 0.3 is 0 Å². The molecule has 1 aliphatic rings. The van der Waals surface area contributed by atoms with Gasteiger partial charge in [-0.2, -0.15) is 11.8 Å². The summed E-state index contributed by atoms with van der Waals surface area (Å²) in [6.45, 7) is 2.56. The fraction of sp³-hybridized carbons (Fsp3) is 0.909. The van der Waals surface area contributed by atoms with Crippen molar-refractivity contribution in [2.45, 2.75) is 38.6 Å². The summed E-state index contributed by atoms with van der Waals surface area (Å²) in [5.41, 5.74) is 5.60. The molecule has 0 radical (unpaired) electrons. The van der Waals surface area contributed by atoms with Crippen LogP contribution >= 0.6 is 11.8 Å². The molecule has 1 amide bonds. The second-order valence-corrected chi connectivity index (χ2v) is 5.29. The Hall–Kier alpha value is -0.220. The highest BCUT2D eigenvalue weighted by Gasteiger charge is 2.20. The molecule has 0 spiro atoms. The van der Waals surface area contributed by atoms with Gasteiger partial charge in [0, 0.05) is 18.3 Å². The van der Waals surface area contributed by atoms with Crippen molar-refractivity contribution < 1.29 is 4.79 Å². The lowest BCUT2D eigenvalue weighted by Gasteiger charge is -2.24. The van der Waals surface area contributed by atoms with E-state index in [0.717, 1.165) is 25.0 Å². The molecule has 88 valence electrons. The van der Waals surface area contributed by atoms with E-state index in [1.807, 2.05) is 11.8 Å². The molecule has 3 N–H and O–H groups in total. The van der Waals surface area contributed by atoms with E-state index in [4.69, 9.17) is 5.73 Å². The van der Waals surface area contributed by atoms with Crippen LogP contribution in [0.5, 0.6) is 0 Å². The first-order chi connectivity index (χ1) is 7.27. The highest BCUT2D eigenvalue weighted by atomic mass is 32.2. The molecule has 1 heterocycles. The van der Waals surface area contributed by atoms with Crippen molar-refractivity contribution in [2.24, 2.45) is 11.7 Å². The molecule has 15 heavy (non-hydrogen) atoms. The van der Waals surface area contributed by atoms with E-state index in [0.29, 0.717) is 12.6 Å². The van der Waals surface area contributed by atoms with Crippen molar-refractivity contribution in [3.05, 3.63) is 0 Å². The van der Waals surface area contributed by atoms with Crippen LogP contribution in [0.1, 0.15) is 32.6 Å². The third kappa shape index (κ3) is 4.43. The topological polar surface area (TPSA) is 55.1 Å². The lowest BCUT2D eigenvalue weighted by atomic mass is 10.0. The summed E-state index contributed by atoms with van der Waals surface area (Å²) < 4.78 is 0. The molecular weight excluding hydrogens is 208 g/mol. The van der Waals surface area contributed by atoms with Gasteiger partial charge in [-0.05, 0) is 25.0 Å². The highest BCUT2D eigenvalue weighted by molar-refractivity contribution is 7.99. The van der Waals surface area contributed by atoms with Crippen molar-refractivity contribution in [1.29, 1.82) is 0 Å². The highest BCUT2D eigenvalue weighted by Crippen LogP contribution is 2.17. The SMILES string of the molecule is CCCC(CN)C(=O)NC1CCCSC1. The molecule has 0 aromatic rings. The molecule has 2 atom stereocenters. The maximum Gasteiger partial charge on any atom is 0.224 e. The first-order valence-corrected chi connectivity index (χ1v) is 7.01. The lowest BCUT2D eigenvalue weighted by Crippen LogP contribution is -2.43. The zero-order valence-corrected chi connectivity index (χ0v) is 10.3. The largest absolute Gasteiger partial charge is 0.352 e. The number of carbonyl (C=O) groups is 1. The Morgan fingerprint density at radius 3 is 3.00 bits per heavy atom. The van der Waals surface area contributed by atoms with Crippen LogP contribution in [0.15, 0.2) is 0 Å². The van der Waals surface area contributed by atoms with Crippen molar-refractivity contribution in [2.75, 3.05) is 18.1 Å². The predicted octanol–water partition coefficient (Wildman–Crippen LogP) is 1.37. The fourth-order valence-corrected chi connectivity index (χ4v) is 2.95. The first-order valence-electron chi connectivity index (χ1n) is 5.86. The van der Waals surface area contributed by atoms with E-state index in [-0.39, 0.29) is 11.8 Å². The van der Waals surface area contributed by atoms with Crippen molar-refractivity contribution in [3.8, 4) is 0 Å². The Kier molecular flexibility index (Phi) is 6.10. The van der Waals surface area contributed by atoms with Gasteiger partial charge in [-0.3, -0.25) is 4.79 Å². The first kappa shape index (κ1) is 12.8. The van der Waals surface area contributed by atoms with Crippen molar-refractivity contribution in [1.82, 2.24) is 5.32 Å². The molecule has 2 unspecified atom stereocenters. The molecule has 1 aliphatic heterocycles. The van der Waals surface area contributed by atoms with Gasteiger partial charge < -0.3 is 11.1 Å². The Labute approximate surface area is 96.6 Å². The normalized spacial score (nSPS) is 23.5. The predicted molar refractivity (Wildman–Crippen MR) is 65.9 cm³/mol. The molecule has 0 aromatic heterocycles. The van der Waals surface area contributed by atoms with E-state index in [1.54, 1.807) is 0 Å². The van der Waals surface area contributed by atoms with Crippen LogP contribution in [0, 0.1) is 5.92 Å². The summed E-state index contributed by atoms with van der Waals surface area (Å²) in [6, 6.07) is 0.377. The third-order valence-electron chi connectivity index (χ3n) is 2.80. The Bertz CT molecular complexity index is 193. The van der Waals surface area contributed by atoms with E-state index in [2.05, 4.69) is 12.2 Å². The molecule has 0 saturated carbocycles. The second kappa shape index (κ2) is 7.12. The molecule has 0 bridgehead atoms. The minimum Gasteiger partial charge on any atom is -0.352 e. The van der Waals surface area contributed by atoms with Gasteiger partial charge in [-0.15, -0.1) is 0 Å². The minimum absolute atomic E-state index is 0.0157. The molecular formula is C11H22N2OS. The van der Waals surface area contributed by atoms with Gasteiger partial charge in [-0.25, -0.2) is 0 Å². The summed E-state index contributed by atoms with van der Waals surface area (Å²) in [6.07, 6.45) is 4.27. The summed E-state index contributed by atoms with van der Waals surface area (Å²) in [5.74, 6) is 2.48. The molecule has 0 aromatic carbocycles. The van der Waals surface area contributed by atoms with Crippen molar-refractivity contribution >= 4 is 17.7 Å². The maximum atomic E-state index is 11.8. The van der Waals surface area contributed by atoms with E-state index >= 15 is 0 Å². The van der Waals surface area contributed by atoms with Crippen LogP contribution in [-0.2, 0) is 4.79 Å². The molecule has 4 heteroatoms. The molecule has 1 saturated heterocycles. The second-order valence-electron chi connectivity index (χ2n) is 4.14. The van der Waals surface area contributed by atoms with Gasteiger partial charge in [0.05, 0.1) is 5.92 Å². The van der Waals surface area contributed by atoms with Gasteiger partial charge in [0.2, 0.25) is 5.91 Å². The van der Waals surface area contributed by atoms with Gasteiger partial charge in [0.15, 0.2) is 0 Å². The summed E-state index contributed by atoms with van der Waals surface area (Å²) in [5, 5.41) is 3.11. The standard InChI is InChI=1S/C11H22N2OS/c1-2-4-9(7-12)11(14)13-10-5-3-6-15-8-10/h9-10H,2-8,12H2,1H3,(H,13,14). The molecule has 0 aliphatic carbocycles. The van der Waals surface area contributed by atoms with E-state index < -0.39 is 0 Å². The van der Waals surface area contributed by atoms with Crippen LogP contribution in [0.3, 0.4) is 0 Å². The van der Waals surface area contributed by atoms with Crippen LogP contribution < -0.4 is 11.1 Å².